The molecule has 1 heterocycles. The third kappa shape index (κ3) is 1.79. The van der Waals surface area contributed by atoms with Crippen LogP contribution in [-0.4, -0.2) is 10.1 Å². The normalized spacial score (nSPS) is 9.69. The summed E-state index contributed by atoms with van der Waals surface area (Å²) in [5.74, 6) is -0.304. The van der Waals surface area contributed by atoms with Crippen molar-refractivity contribution in [3.05, 3.63) is 58.2 Å². The minimum Gasteiger partial charge on any atom is -0.503 e. The van der Waals surface area contributed by atoms with Crippen LogP contribution in [0.15, 0.2) is 41.2 Å². The lowest BCUT2D eigenvalue weighted by molar-refractivity contribution is 0.467. The quantitative estimate of drug-likeness (QED) is 0.712. The van der Waals surface area contributed by atoms with Crippen molar-refractivity contribution >= 4 is 5.69 Å². The van der Waals surface area contributed by atoms with E-state index >= 15 is 0 Å². The highest BCUT2D eigenvalue weighted by atomic mass is 16.3. The Hall–Kier alpha value is -2.54. The second kappa shape index (κ2) is 3.91. The Balaban J connectivity index is 2.47. The molecule has 0 fully saturated rings. The van der Waals surface area contributed by atoms with Crippen molar-refractivity contribution in [2.24, 2.45) is 0 Å². The summed E-state index contributed by atoms with van der Waals surface area (Å²) in [7, 11) is 0. The van der Waals surface area contributed by atoms with Gasteiger partial charge in [-0.1, -0.05) is 24.3 Å². The first-order chi connectivity index (χ1) is 7.70. The molecule has 0 atom stereocenters. The molecule has 0 saturated heterocycles. The van der Waals surface area contributed by atoms with E-state index in [2.05, 4.69) is 9.83 Å². The van der Waals surface area contributed by atoms with Crippen LogP contribution in [0.2, 0.25) is 0 Å². The molecule has 0 amide bonds. The van der Waals surface area contributed by atoms with Gasteiger partial charge in [0, 0.05) is 5.69 Å². The Kier molecular flexibility index (Phi) is 2.44. The van der Waals surface area contributed by atoms with Crippen molar-refractivity contribution in [1.29, 1.82) is 0 Å². The predicted molar refractivity (Wildman–Crippen MR) is 60.4 cm³/mol. The van der Waals surface area contributed by atoms with Gasteiger partial charge in [0.15, 0.2) is 11.4 Å². The van der Waals surface area contributed by atoms with Crippen LogP contribution in [-0.2, 0) is 0 Å². The van der Waals surface area contributed by atoms with E-state index in [0.29, 0.717) is 11.4 Å². The Labute approximate surface area is 91.6 Å². The van der Waals surface area contributed by atoms with Crippen molar-refractivity contribution in [3.8, 4) is 17.0 Å². The number of benzene rings is 1. The molecule has 78 valence electrons. The molecule has 0 aliphatic carbocycles. The monoisotopic (exact) mass is 212 g/mol. The number of nitrogens with zero attached hydrogens (tertiary/aromatic N) is 1. The van der Waals surface area contributed by atoms with E-state index in [-0.39, 0.29) is 5.75 Å². The number of H-pyrrole nitrogens is 1. The van der Waals surface area contributed by atoms with Gasteiger partial charge < -0.3 is 10.1 Å². The highest BCUT2D eigenvalue weighted by molar-refractivity contribution is 5.63. The molecule has 1 aromatic heterocycles. The molecule has 4 nitrogen and oxygen atoms in total. The molecule has 0 bridgehead atoms. The van der Waals surface area contributed by atoms with Crippen molar-refractivity contribution in [2.45, 2.75) is 0 Å². The molecular weight excluding hydrogens is 204 g/mol. The molecule has 4 heteroatoms. The van der Waals surface area contributed by atoms with E-state index in [0.717, 1.165) is 5.56 Å². The Bertz CT molecular complexity index is 606. The molecule has 2 rings (SSSR count). The predicted octanol–water partition coefficient (Wildman–Crippen LogP) is 2.30. The largest absolute Gasteiger partial charge is 0.503 e. The summed E-state index contributed by atoms with van der Waals surface area (Å²) in [4.78, 5) is 17.0. The first-order valence-corrected chi connectivity index (χ1v) is 4.61. The zero-order valence-corrected chi connectivity index (χ0v) is 8.27. The lowest BCUT2D eigenvalue weighted by atomic mass is 10.1. The summed E-state index contributed by atoms with van der Waals surface area (Å²) in [6, 6.07) is 9.80. The lowest BCUT2D eigenvalue weighted by Gasteiger charge is -2.01. The van der Waals surface area contributed by atoms with E-state index in [9.17, 15) is 4.79 Å². The summed E-state index contributed by atoms with van der Waals surface area (Å²) >= 11 is 0. The van der Waals surface area contributed by atoms with Gasteiger partial charge in [-0.15, -0.1) is 0 Å². The number of rotatable bonds is 1. The molecule has 0 saturated carbocycles. The number of aromatic hydroxyl groups is 1. The smallest absolute Gasteiger partial charge is 0.290 e. The van der Waals surface area contributed by atoms with Gasteiger partial charge in [-0.05, 0) is 17.7 Å². The summed E-state index contributed by atoms with van der Waals surface area (Å²) in [6.07, 6.45) is 0. The maximum absolute atomic E-state index is 11.2. The summed E-state index contributed by atoms with van der Waals surface area (Å²) in [5, 5.41) is 9.09. The number of hydrogen-bond acceptors (Lipinski definition) is 2. The number of aromatic amines is 1. The standard InChI is InChI=1S/C12H8N2O2/c1-13-9-4-2-8(3-5-9)10-6-7-11(15)12(16)14-10/h2-7,15H,(H,14,16). The van der Waals surface area contributed by atoms with Crippen LogP contribution >= 0.6 is 0 Å². The van der Waals surface area contributed by atoms with Gasteiger partial charge in [-0.2, -0.15) is 0 Å². The van der Waals surface area contributed by atoms with Crippen LogP contribution in [0, 0.1) is 6.57 Å². The second-order valence-electron chi connectivity index (χ2n) is 3.25. The van der Waals surface area contributed by atoms with Crippen LogP contribution in [0.1, 0.15) is 0 Å². The fourth-order valence-corrected chi connectivity index (χ4v) is 1.35. The molecule has 0 unspecified atom stereocenters. The Morgan fingerprint density at radius 2 is 1.81 bits per heavy atom. The maximum atomic E-state index is 11.2. The summed E-state index contributed by atoms with van der Waals surface area (Å²) in [6.45, 7) is 6.82. The number of hydrogen-bond donors (Lipinski definition) is 2. The summed E-state index contributed by atoms with van der Waals surface area (Å²) < 4.78 is 0. The average molecular weight is 212 g/mol. The fourth-order valence-electron chi connectivity index (χ4n) is 1.35. The van der Waals surface area contributed by atoms with Crippen molar-refractivity contribution in [1.82, 2.24) is 4.98 Å². The van der Waals surface area contributed by atoms with Crippen LogP contribution in [0.4, 0.5) is 5.69 Å². The first-order valence-electron chi connectivity index (χ1n) is 4.61. The van der Waals surface area contributed by atoms with E-state index in [1.54, 1.807) is 30.3 Å². The third-order valence-corrected chi connectivity index (χ3v) is 2.20. The third-order valence-electron chi connectivity index (χ3n) is 2.20. The Morgan fingerprint density at radius 3 is 2.38 bits per heavy atom. The second-order valence-corrected chi connectivity index (χ2v) is 3.25. The summed E-state index contributed by atoms with van der Waals surface area (Å²) in [5.41, 5.74) is 1.43. The Morgan fingerprint density at radius 1 is 1.12 bits per heavy atom. The first kappa shape index (κ1) is 9.99. The van der Waals surface area contributed by atoms with E-state index in [1.807, 2.05) is 0 Å². The molecule has 1 aromatic carbocycles. The van der Waals surface area contributed by atoms with Crippen LogP contribution < -0.4 is 5.56 Å². The van der Waals surface area contributed by atoms with Crippen LogP contribution in [0.3, 0.4) is 0 Å². The van der Waals surface area contributed by atoms with Crippen LogP contribution in [0.25, 0.3) is 16.1 Å². The molecule has 2 aromatic rings. The van der Waals surface area contributed by atoms with Crippen LogP contribution in [0.5, 0.6) is 5.75 Å². The van der Waals surface area contributed by atoms with Crippen molar-refractivity contribution < 1.29 is 5.11 Å². The minimum absolute atomic E-state index is 0.304. The van der Waals surface area contributed by atoms with Gasteiger partial charge in [-0.25, -0.2) is 4.85 Å². The molecular formula is C12H8N2O2. The van der Waals surface area contributed by atoms with Gasteiger partial charge in [0.1, 0.15) is 0 Å². The maximum Gasteiger partial charge on any atom is 0.290 e. The van der Waals surface area contributed by atoms with Gasteiger partial charge in [0.2, 0.25) is 0 Å². The van der Waals surface area contributed by atoms with Gasteiger partial charge in [0.25, 0.3) is 5.56 Å². The lowest BCUT2D eigenvalue weighted by Crippen LogP contribution is -2.05. The van der Waals surface area contributed by atoms with E-state index < -0.39 is 5.56 Å². The van der Waals surface area contributed by atoms with Crippen molar-refractivity contribution in [3.63, 3.8) is 0 Å². The van der Waals surface area contributed by atoms with Gasteiger partial charge >= 0.3 is 0 Å². The van der Waals surface area contributed by atoms with E-state index in [1.165, 1.54) is 6.07 Å². The topological polar surface area (TPSA) is 57.4 Å². The highest BCUT2D eigenvalue weighted by Gasteiger charge is 2.01. The average Bonchev–Trinajstić information content (AvgIpc) is 2.33. The molecule has 0 aliphatic rings. The fraction of sp³-hybridized carbons (Fsp3) is 0. The number of nitrogens with one attached hydrogen (secondary N) is 1. The number of aromatic nitrogens is 1. The van der Waals surface area contributed by atoms with Gasteiger partial charge in [-0.3, -0.25) is 4.79 Å². The molecule has 16 heavy (non-hydrogen) atoms. The van der Waals surface area contributed by atoms with Gasteiger partial charge in [0.05, 0.1) is 6.57 Å². The SMILES string of the molecule is [C-]#[N+]c1ccc(-c2ccc(O)c(=O)[nH]2)cc1. The molecule has 2 N–H and O–H groups in total. The van der Waals surface area contributed by atoms with Crippen molar-refractivity contribution in [2.75, 3.05) is 0 Å². The highest BCUT2D eigenvalue weighted by Crippen LogP contribution is 2.20. The minimum atomic E-state index is -0.522. The zero-order chi connectivity index (χ0) is 11.5. The molecule has 0 radical (unpaired) electrons. The number of pyridine rings is 1. The van der Waals surface area contributed by atoms with E-state index in [4.69, 9.17) is 11.7 Å². The molecule has 0 aliphatic heterocycles. The molecule has 0 spiro atoms. The zero-order valence-electron chi connectivity index (χ0n) is 8.27.